The van der Waals surface area contributed by atoms with Crippen molar-refractivity contribution in [2.45, 2.75) is 38.6 Å². The molecule has 2 amide bonds. The quantitative estimate of drug-likeness (QED) is 0.640. The van der Waals surface area contributed by atoms with E-state index in [0.717, 1.165) is 41.1 Å². The molecular formula is C23H28FN5O. The van der Waals surface area contributed by atoms with Crippen LogP contribution in [-0.4, -0.2) is 47.1 Å². The van der Waals surface area contributed by atoms with Crippen LogP contribution in [0.5, 0.6) is 0 Å². The zero-order valence-electron chi connectivity index (χ0n) is 17.7. The molecule has 0 bridgehead atoms. The minimum Gasteiger partial charge on any atom is -0.343 e. The Morgan fingerprint density at radius 1 is 1.20 bits per heavy atom. The number of urea groups is 1. The van der Waals surface area contributed by atoms with E-state index in [1.165, 1.54) is 12.1 Å². The van der Waals surface area contributed by atoms with Gasteiger partial charge in [0, 0.05) is 31.9 Å². The number of halogens is 1. The summed E-state index contributed by atoms with van der Waals surface area (Å²) in [6.07, 6.45) is 1.76. The highest BCUT2D eigenvalue weighted by Crippen LogP contribution is 2.28. The third-order valence-corrected chi connectivity index (χ3v) is 5.95. The minimum absolute atomic E-state index is 0.0917. The second kappa shape index (κ2) is 8.34. The number of hydrogen-bond acceptors (Lipinski definition) is 3. The second-order valence-electron chi connectivity index (χ2n) is 8.24. The molecular weight excluding hydrogens is 381 g/mol. The van der Waals surface area contributed by atoms with Gasteiger partial charge in [-0.05, 0) is 68.5 Å². The number of nitrogens with zero attached hydrogens (tertiary/aromatic N) is 3. The highest BCUT2D eigenvalue weighted by molar-refractivity contribution is 5.92. The molecule has 0 aliphatic carbocycles. The van der Waals surface area contributed by atoms with Crippen molar-refractivity contribution in [1.29, 1.82) is 0 Å². The van der Waals surface area contributed by atoms with Gasteiger partial charge in [0.1, 0.15) is 5.82 Å². The number of piperidine rings is 1. The Bertz CT molecular complexity index is 1020. The first kappa shape index (κ1) is 20.2. The molecule has 3 aromatic rings. The molecule has 2 aromatic carbocycles. The summed E-state index contributed by atoms with van der Waals surface area (Å²) in [5.74, 6) is 0.964. The van der Waals surface area contributed by atoms with Crippen molar-refractivity contribution in [3.8, 4) is 0 Å². The number of benzene rings is 2. The number of fused-ring (bicyclic) bond motifs is 1. The van der Waals surface area contributed by atoms with E-state index >= 15 is 0 Å². The highest BCUT2D eigenvalue weighted by Gasteiger charge is 2.24. The molecule has 2 N–H and O–H groups in total. The molecule has 1 fully saturated rings. The molecule has 7 heteroatoms. The van der Waals surface area contributed by atoms with Crippen molar-refractivity contribution < 1.29 is 9.18 Å². The van der Waals surface area contributed by atoms with Crippen LogP contribution in [-0.2, 0) is 0 Å². The van der Waals surface area contributed by atoms with E-state index in [4.69, 9.17) is 0 Å². The number of aromatic nitrogens is 2. The van der Waals surface area contributed by atoms with E-state index in [0.29, 0.717) is 25.0 Å². The monoisotopic (exact) mass is 409 g/mol. The van der Waals surface area contributed by atoms with Crippen molar-refractivity contribution >= 4 is 28.7 Å². The van der Waals surface area contributed by atoms with E-state index in [9.17, 15) is 9.18 Å². The van der Waals surface area contributed by atoms with Crippen LogP contribution in [0.3, 0.4) is 0 Å². The summed E-state index contributed by atoms with van der Waals surface area (Å²) in [4.78, 5) is 24.6. The number of rotatable bonds is 4. The molecule has 0 saturated carbocycles. The van der Waals surface area contributed by atoms with Gasteiger partial charge in [-0.25, -0.2) is 14.2 Å². The van der Waals surface area contributed by atoms with Crippen LogP contribution in [0.15, 0.2) is 42.5 Å². The van der Waals surface area contributed by atoms with Crippen molar-refractivity contribution in [3.63, 3.8) is 0 Å². The number of aromatic amines is 1. The zero-order valence-corrected chi connectivity index (χ0v) is 17.7. The van der Waals surface area contributed by atoms with E-state index < -0.39 is 0 Å². The smallest absolute Gasteiger partial charge is 0.321 e. The van der Waals surface area contributed by atoms with Crippen molar-refractivity contribution in [1.82, 2.24) is 14.9 Å². The summed E-state index contributed by atoms with van der Waals surface area (Å²) in [6.45, 7) is 5.59. The lowest BCUT2D eigenvalue weighted by molar-refractivity contribution is 0.194. The molecule has 1 aromatic heterocycles. The summed E-state index contributed by atoms with van der Waals surface area (Å²) < 4.78 is 13.1. The topological polar surface area (TPSA) is 64.3 Å². The molecule has 1 aliphatic rings. The number of amides is 2. The molecule has 1 aliphatic heterocycles. The number of imidazole rings is 1. The molecule has 6 nitrogen and oxygen atoms in total. The van der Waals surface area contributed by atoms with Gasteiger partial charge < -0.3 is 20.1 Å². The lowest BCUT2D eigenvalue weighted by Gasteiger charge is -2.32. The van der Waals surface area contributed by atoms with Gasteiger partial charge in [-0.15, -0.1) is 0 Å². The Balaban J connectivity index is 1.38. The number of H-pyrrole nitrogens is 1. The van der Waals surface area contributed by atoms with Gasteiger partial charge in [-0.1, -0.05) is 12.1 Å². The van der Waals surface area contributed by atoms with Gasteiger partial charge in [-0.2, -0.15) is 0 Å². The summed E-state index contributed by atoms with van der Waals surface area (Å²) in [6, 6.07) is 12.7. The number of nitrogens with one attached hydrogen (secondary N) is 2. The largest absolute Gasteiger partial charge is 0.343 e. The SMILES string of the molecule is CC(C)N(C)c1nc2ccc(NC(=O)N3CCC(c4ccc(F)cc4)CC3)cc2[nH]1. The van der Waals surface area contributed by atoms with Gasteiger partial charge in [0.2, 0.25) is 5.95 Å². The Morgan fingerprint density at radius 2 is 1.90 bits per heavy atom. The number of likely N-dealkylation sites (tertiary alicyclic amines) is 1. The lowest BCUT2D eigenvalue weighted by atomic mass is 9.89. The van der Waals surface area contributed by atoms with E-state index in [2.05, 4.69) is 34.0 Å². The molecule has 0 radical (unpaired) electrons. The van der Waals surface area contributed by atoms with E-state index in [1.807, 2.05) is 42.3 Å². The molecule has 0 atom stereocenters. The summed E-state index contributed by atoms with van der Waals surface area (Å²) >= 11 is 0. The first-order valence-electron chi connectivity index (χ1n) is 10.4. The fourth-order valence-electron chi connectivity index (χ4n) is 3.84. The van der Waals surface area contributed by atoms with Gasteiger partial charge in [-0.3, -0.25) is 0 Å². The predicted octanol–water partition coefficient (Wildman–Crippen LogP) is 4.96. The van der Waals surface area contributed by atoms with Gasteiger partial charge >= 0.3 is 6.03 Å². The maximum atomic E-state index is 13.1. The predicted molar refractivity (Wildman–Crippen MR) is 119 cm³/mol. The van der Waals surface area contributed by atoms with Crippen LogP contribution < -0.4 is 10.2 Å². The molecule has 1 saturated heterocycles. The molecule has 158 valence electrons. The first-order chi connectivity index (χ1) is 14.4. The van der Waals surface area contributed by atoms with E-state index in [1.54, 1.807) is 0 Å². The number of carbonyl (C=O) groups excluding carboxylic acids is 1. The Hall–Kier alpha value is -3.09. The number of anilines is 2. The highest BCUT2D eigenvalue weighted by atomic mass is 19.1. The first-order valence-corrected chi connectivity index (χ1v) is 10.4. The van der Waals surface area contributed by atoms with Crippen LogP contribution >= 0.6 is 0 Å². The average Bonchev–Trinajstić information content (AvgIpc) is 3.17. The van der Waals surface area contributed by atoms with Crippen LogP contribution in [0.1, 0.15) is 38.2 Å². The molecule has 0 spiro atoms. The van der Waals surface area contributed by atoms with Gasteiger partial charge in [0.05, 0.1) is 11.0 Å². The summed E-state index contributed by atoms with van der Waals surface area (Å²) in [5.41, 5.74) is 3.65. The van der Waals surface area contributed by atoms with Crippen molar-refractivity contribution in [2.75, 3.05) is 30.4 Å². The summed E-state index contributed by atoms with van der Waals surface area (Å²) in [7, 11) is 2.00. The van der Waals surface area contributed by atoms with Gasteiger partial charge in [0.15, 0.2) is 0 Å². The molecule has 4 rings (SSSR count). The van der Waals surface area contributed by atoms with E-state index in [-0.39, 0.29) is 11.8 Å². The van der Waals surface area contributed by atoms with Crippen molar-refractivity contribution in [2.24, 2.45) is 0 Å². The third-order valence-electron chi connectivity index (χ3n) is 5.95. The maximum Gasteiger partial charge on any atom is 0.321 e. The number of hydrogen-bond donors (Lipinski definition) is 2. The third kappa shape index (κ3) is 4.25. The standard InChI is InChI=1S/C23H28FN5O/c1-15(2)28(3)22-26-20-9-8-19(14-21(20)27-22)25-23(30)29-12-10-17(11-13-29)16-4-6-18(24)7-5-16/h4-9,14-15,17H,10-13H2,1-3H3,(H,25,30)(H,26,27). The molecule has 30 heavy (non-hydrogen) atoms. The average molecular weight is 410 g/mol. The molecule has 2 heterocycles. The Kier molecular flexibility index (Phi) is 5.61. The zero-order chi connectivity index (χ0) is 21.3. The summed E-state index contributed by atoms with van der Waals surface area (Å²) in [5, 5.41) is 3.00. The van der Waals surface area contributed by atoms with Crippen LogP contribution in [0, 0.1) is 5.82 Å². The Labute approximate surface area is 176 Å². The lowest BCUT2D eigenvalue weighted by Crippen LogP contribution is -2.40. The van der Waals surface area contributed by atoms with Gasteiger partial charge in [0.25, 0.3) is 0 Å². The van der Waals surface area contributed by atoms with Crippen molar-refractivity contribution in [3.05, 3.63) is 53.8 Å². The normalized spacial score (nSPS) is 15.0. The maximum absolute atomic E-state index is 13.1. The fraction of sp³-hybridized carbons (Fsp3) is 0.391. The second-order valence-corrected chi connectivity index (χ2v) is 8.24. The Morgan fingerprint density at radius 3 is 2.57 bits per heavy atom. The fourth-order valence-corrected chi connectivity index (χ4v) is 3.84. The number of carbonyl (C=O) groups is 1. The minimum atomic E-state index is -0.215. The van der Waals surface area contributed by atoms with Crippen LogP contribution in [0.2, 0.25) is 0 Å². The van der Waals surface area contributed by atoms with Crippen LogP contribution in [0.25, 0.3) is 11.0 Å². The molecule has 0 unspecified atom stereocenters. The van der Waals surface area contributed by atoms with Crippen LogP contribution in [0.4, 0.5) is 20.8 Å².